The van der Waals surface area contributed by atoms with Crippen LogP contribution in [0, 0.1) is 0 Å². The molecule has 0 aliphatic heterocycles. The van der Waals surface area contributed by atoms with Gasteiger partial charge in [0, 0.05) is 25.9 Å². The summed E-state index contributed by atoms with van der Waals surface area (Å²) in [5.41, 5.74) is 2.99. The Labute approximate surface area is 149 Å². The standard InChI is InChI=1S/C11H15NO.C10H11NO/c1-3-11(13)12(2)9-10-7-5-4-6-8-10;1-7(2)10-11-8-5-3-4-6-9(8)12-10/h4-8H,3,9H2,1-2H3;3-7H,1-2H3. The van der Waals surface area contributed by atoms with Gasteiger partial charge in [0.1, 0.15) is 5.52 Å². The van der Waals surface area contributed by atoms with Crippen LogP contribution in [0.5, 0.6) is 0 Å². The first kappa shape index (κ1) is 18.7. The highest BCUT2D eigenvalue weighted by atomic mass is 16.3. The van der Waals surface area contributed by atoms with E-state index in [0.717, 1.165) is 17.0 Å². The van der Waals surface area contributed by atoms with Gasteiger partial charge in [0.25, 0.3) is 0 Å². The van der Waals surface area contributed by atoms with Crippen LogP contribution in [0.3, 0.4) is 0 Å². The summed E-state index contributed by atoms with van der Waals surface area (Å²) >= 11 is 0. The number of aromatic nitrogens is 1. The van der Waals surface area contributed by atoms with Crippen molar-refractivity contribution in [2.75, 3.05) is 7.05 Å². The van der Waals surface area contributed by atoms with Crippen LogP contribution in [0.25, 0.3) is 11.1 Å². The van der Waals surface area contributed by atoms with Gasteiger partial charge in [0.05, 0.1) is 0 Å². The molecule has 1 heterocycles. The molecule has 0 atom stereocenters. The molecule has 0 fully saturated rings. The van der Waals surface area contributed by atoms with Crippen LogP contribution >= 0.6 is 0 Å². The molecule has 0 saturated carbocycles. The van der Waals surface area contributed by atoms with E-state index in [4.69, 9.17) is 4.42 Å². The minimum absolute atomic E-state index is 0.184. The van der Waals surface area contributed by atoms with Crippen LogP contribution in [0.1, 0.15) is 44.6 Å². The largest absolute Gasteiger partial charge is 0.440 e. The fraction of sp³-hybridized carbons (Fsp3) is 0.333. The number of benzene rings is 2. The van der Waals surface area contributed by atoms with Crippen LogP contribution in [0.4, 0.5) is 0 Å². The van der Waals surface area contributed by atoms with Gasteiger partial charge >= 0.3 is 0 Å². The normalized spacial score (nSPS) is 10.4. The van der Waals surface area contributed by atoms with Crippen LogP contribution in [-0.2, 0) is 11.3 Å². The van der Waals surface area contributed by atoms with E-state index in [2.05, 4.69) is 18.8 Å². The van der Waals surface area contributed by atoms with E-state index >= 15 is 0 Å². The smallest absolute Gasteiger partial charge is 0.222 e. The maximum absolute atomic E-state index is 11.2. The van der Waals surface area contributed by atoms with E-state index in [1.165, 1.54) is 5.56 Å². The van der Waals surface area contributed by atoms with E-state index in [9.17, 15) is 4.79 Å². The van der Waals surface area contributed by atoms with Crippen molar-refractivity contribution >= 4 is 17.0 Å². The molecule has 2 aromatic carbocycles. The van der Waals surface area contributed by atoms with Gasteiger partial charge in [-0.3, -0.25) is 4.79 Å². The molecule has 0 aliphatic carbocycles. The third-order valence-electron chi connectivity index (χ3n) is 3.80. The first-order chi connectivity index (χ1) is 12.0. The molecule has 0 spiro atoms. The number of para-hydroxylation sites is 2. The molecular formula is C21H26N2O2. The highest BCUT2D eigenvalue weighted by molar-refractivity contribution is 5.75. The number of fused-ring (bicyclic) bond motifs is 1. The second-order valence-electron chi connectivity index (χ2n) is 6.26. The fourth-order valence-corrected chi connectivity index (χ4v) is 2.35. The summed E-state index contributed by atoms with van der Waals surface area (Å²) in [6, 6.07) is 17.8. The lowest BCUT2D eigenvalue weighted by Crippen LogP contribution is -2.24. The second-order valence-corrected chi connectivity index (χ2v) is 6.26. The zero-order valence-electron chi connectivity index (χ0n) is 15.4. The zero-order valence-corrected chi connectivity index (χ0v) is 15.4. The molecular weight excluding hydrogens is 312 g/mol. The molecule has 4 nitrogen and oxygen atoms in total. The Kier molecular flexibility index (Phi) is 6.75. The number of nitrogens with zero attached hydrogens (tertiary/aromatic N) is 2. The molecule has 132 valence electrons. The third-order valence-corrected chi connectivity index (χ3v) is 3.80. The van der Waals surface area contributed by atoms with Crippen LogP contribution in [-0.4, -0.2) is 22.8 Å². The maximum atomic E-state index is 11.2. The van der Waals surface area contributed by atoms with Crippen LogP contribution in [0.15, 0.2) is 59.0 Å². The van der Waals surface area contributed by atoms with Gasteiger partial charge in [0.2, 0.25) is 5.91 Å². The Balaban J connectivity index is 0.000000181. The van der Waals surface area contributed by atoms with Gasteiger partial charge in [-0.05, 0) is 17.7 Å². The molecule has 3 rings (SSSR count). The molecule has 0 aliphatic rings. The molecule has 0 unspecified atom stereocenters. The molecule has 0 N–H and O–H groups in total. The average Bonchev–Trinajstić information content (AvgIpc) is 3.07. The Morgan fingerprint density at radius 2 is 1.72 bits per heavy atom. The van der Waals surface area contributed by atoms with Gasteiger partial charge in [-0.1, -0.05) is 63.2 Å². The summed E-state index contributed by atoms with van der Waals surface area (Å²) in [7, 11) is 1.83. The van der Waals surface area contributed by atoms with Gasteiger partial charge in [-0.15, -0.1) is 0 Å². The highest BCUT2D eigenvalue weighted by Crippen LogP contribution is 2.20. The van der Waals surface area contributed by atoms with Crippen LogP contribution in [0.2, 0.25) is 0 Å². The Morgan fingerprint density at radius 3 is 2.32 bits per heavy atom. The number of hydrogen-bond donors (Lipinski definition) is 0. The summed E-state index contributed by atoms with van der Waals surface area (Å²) in [6.45, 7) is 6.73. The van der Waals surface area contributed by atoms with E-state index in [-0.39, 0.29) is 5.91 Å². The van der Waals surface area contributed by atoms with Crippen molar-refractivity contribution in [1.29, 1.82) is 0 Å². The van der Waals surface area contributed by atoms with E-state index in [0.29, 0.717) is 18.9 Å². The van der Waals surface area contributed by atoms with Crippen LogP contribution < -0.4 is 0 Å². The quantitative estimate of drug-likeness (QED) is 0.672. The Bertz CT molecular complexity index is 761. The summed E-state index contributed by atoms with van der Waals surface area (Å²) in [5.74, 6) is 1.36. The predicted molar refractivity (Wildman–Crippen MR) is 101 cm³/mol. The number of carbonyl (C=O) groups is 1. The van der Waals surface area contributed by atoms with Gasteiger partial charge in [0.15, 0.2) is 11.5 Å². The lowest BCUT2D eigenvalue weighted by atomic mass is 10.2. The number of carbonyl (C=O) groups excluding carboxylic acids is 1. The second kappa shape index (κ2) is 9.02. The monoisotopic (exact) mass is 338 g/mol. The van der Waals surface area contributed by atoms with Crippen molar-refractivity contribution in [1.82, 2.24) is 9.88 Å². The summed E-state index contributed by atoms with van der Waals surface area (Å²) < 4.78 is 5.52. The fourth-order valence-electron chi connectivity index (χ4n) is 2.35. The molecule has 0 saturated heterocycles. The minimum Gasteiger partial charge on any atom is -0.440 e. The summed E-state index contributed by atoms with van der Waals surface area (Å²) in [4.78, 5) is 17.3. The molecule has 0 radical (unpaired) electrons. The third kappa shape index (κ3) is 5.45. The van der Waals surface area contributed by atoms with Crippen molar-refractivity contribution in [3.05, 3.63) is 66.1 Å². The first-order valence-corrected chi connectivity index (χ1v) is 8.64. The molecule has 1 aromatic heterocycles. The summed E-state index contributed by atoms with van der Waals surface area (Å²) in [5, 5.41) is 0. The average molecular weight is 338 g/mol. The molecule has 4 heteroatoms. The minimum atomic E-state index is 0.184. The molecule has 1 amide bonds. The van der Waals surface area contributed by atoms with Crippen molar-refractivity contribution < 1.29 is 9.21 Å². The lowest BCUT2D eigenvalue weighted by molar-refractivity contribution is -0.130. The number of rotatable bonds is 4. The van der Waals surface area contributed by atoms with Gasteiger partial charge in [-0.2, -0.15) is 0 Å². The van der Waals surface area contributed by atoms with E-state index < -0.39 is 0 Å². The number of oxazole rings is 1. The topological polar surface area (TPSA) is 46.3 Å². The summed E-state index contributed by atoms with van der Waals surface area (Å²) in [6.07, 6.45) is 0.573. The van der Waals surface area contributed by atoms with Crippen molar-refractivity contribution in [2.24, 2.45) is 0 Å². The Morgan fingerprint density at radius 1 is 1.08 bits per heavy atom. The van der Waals surface area contributed by atoms with Gasteiger partial charge in [-0.25, -0.2) is 4.98 Å². The highest BCUT2D eigenvalue weighted by Gasteiger charge is 2.07. The SMILES string of the molecule is CC(C)c1nc2ccccc2o1.CCC(=O)N(C)Cc1ccccc1. The first-order valence-electron chi connectivity index (χ1n) is 8.64. The van der Waals surface area contributed by atoms with Crippen molar-refractivity contribution in [2.45, 2.75) is 39.7 Å². The maximum Gasteiger partial charge on any atom is 0.222 e. The molecule has 0 bridgehead atoms. The van der Waals surface area contributed by atoms with Crippen molar-refractivity contribution in [3.8, 4) is 0 Å². The van der Waals surface area contributed by atoms with E-state index in [1.54, 1.807) is 4.90 Å². The van der Waals surface area contributed by atoms with Gasteiger partial charge < -0.3 is 9.32 Å². The zero-order chi connectivity index (χ0) is 18.2. The Hall–Kier alpha value is -2.62. The lowest BCUT2D eigenvalue weighted by Gasteiger charge is -2.15. The van der Waals surface area contributed by atoms with Crippen molar-refractivity contribution in [3.63, 3.8) is 0 Å². The van der Waals surface area contributed by atoms with E-state index in [1.807, 2.05) is 68.6 Å². The predicted octanol–water partition coefficient (Wildman–Crippen LogP) is 5.01. The number of amides is 1. The molecule has 3 aromatic rings. The number of hydrogen-bond acceptors (Lipinski definition) is 3. The molecule has 25 heavy (non-hydrogen) atoms.